The Balaban J connectivity index is 2.21. The molecule has 5 heteroatoms. The van der Waals surface area contributed by atoms with Crippen molar-refractivity contribution in [2.24, 2.45) is 0 Å². The van der Waals surface area contributed by atoms with Crippen molar-refractivity contribution in [1.29, 1.82) is 0 Å². The van der Waals surface area contributed by atoms with Crippen LogP contribution in [-0.4, -0.2) is 36.0 Å². The monoisotopic (exact) mass is 314 g/mol. The van der Waals surface area contributed by atoms with Gasteiger partial charge in [0.2, 0.25) is 0 Å². The first kappa shape index (κ1) is 13.5. The lowest BCUT2D eigenvalue weighted by Crippen LogP contribution is -2.56. The number of carbonyl (C=O) groups excluding carboxylic acids is 1. The standard InChI is InChI=1S/C13H16BrFN2O/c1-8-7-17(9(2)6-16-8)13(18)10-3-4-12(15)11(14)5-10/h3-5,8-9,16H,6-7H2,1-2H3. The van der Waals surface area contributed by atoms with E-state index in [0.29, 0.717) is 16.6 Å². The summed E-state index contributed by atoms with van der Waals surface area (Å²) in [6.07, 6.45) is 0. The predicted octanol–water partition coefficient (Wildman–Crippen LogP) is 2.41. The zero-order chi connectivity index (χ0) is 13.3. The minimum atomic E-state index is -0.353. The third-order valence-electron chi connectivity index (χ3n) is 3.19. The Kier molecular flexibility index (Phi) is 4.02. The van der Waals surface area contributed by atoms with Gasteiger partial charge in [-0.1, -0.05) is 0 Å². The van der Waals surface area contributed by atoms with Gasteiger partial charge in [0.05, 0.1) is 4.47 Å². The fraction of sp³-hybridized carbons (Fsp3) is 0.462. The smallest absolute Gasteiger partial charge is 0.254 e. The molecule has 1 aromatic rings. The molecule has 3 nitrogen and oxygen atoms in total. The molecule has 1 saturated heterocycles. The number of rotatable bonds is 1. The SMILES string of the molecule is CC1CN(C(=O)c2ccc(F)c(Br)c2)C(C)CN1. The van der Waals surface area contributed by atoms with E-state index in [2.05, 4.69) is 21.2 Å². The Morgan fingerprint density at radius 1 is 1.50 bits per heavy atom. The van der Waals surface area contributed by atoms with Crippen LogP contribution in [0.15, 0.2) is 22.7 Å². The van der Waals surface area contributed by atoms with Crippen molar-refractivity contribution in [3.63, 3.8) is 0 Å². The molecule has 1 amide bonds. The summed E-state index contributed by atoms with van der Waals surface area (Å²) >= 11 is 3.11. The van der Waals surface area contributed by atoms with Gasteiger partial charge < -0.3 is 10.2 Å². The van der Waals surface area contributed by atoms with Gasteiger partial charge in [-0.2, -0.15) is 0 Å². The molecule has 1 heterocycles. The maximum absolute atomic E-state index is 13.2. The van der Waals surface area contributed by atoms with E-state index in [4.69, 9.17) is 0 Å². The summed E-state index contributed by atoms with van der Waals surface area (Å²) in [6, 6.07) is 4.82. The van der Waals surface area contributed by atoms with Crippen molar-refractivity contribution in [3.8, 4) is 0 Å². The molecular weight excluding hydrogens is 299 g/mol. The quantitative estimate of drug-likeness (QED) is 0.863. The number of benzene rings is 1. The predicted molar refractivity (Wildman–Crippen MR) is 72.1 cm³/mol. The number of amides is 1. The van der Waals surface area contributed by atoms with Crippen molar-refractivity contribution >= 4 is 21.8 Å². The largest absolute Gasteiger partial charge is 0.333 e. The molecule has 0 saturated carbocycles. The van der Waals surface area contributed by atoms with Gasteiger partial charge in [0.15, 0.2) is 0 Å². The molecule has 2 rings (SSSR count). The summed E-state index contributed by atoms with van der Waals surface area (Å²) < 4.78 is 13.5. The van der Waals surface area contributed by atoms with Crippen molar-refractivity contribution < 1.29 is 9.18 Å². The molecule has 2 unspecified atom stereocenters. The molecule has 98 valence electrons. The third-order valence-corrected chi connectivity index (χ3v) is 3.80. The van der Waals surface area contributed by atoms with Crippen LogP contribution in [0.4, 0.5) is 4.39 Å². The molecule has 18 heavy (non-hydrogen) atoms. The zero-order valence-corrected chi connectivity index (χ0v) is 12.0. The van der Waals surface area contributed by atoms with Crippen LogP contribution in [0.3, 0.4) is 0 Å². The van der Waals surface area contributed by atoms with Gasteiger partial charge in [-0.05, 0) is 48.0 Å². The van der Waals surface area contributed by atoms with Gasteiger partial charge >= 0.3 is 0 Å². The summed E-state index contributed by atoms with van der Waals surface area (Å²) in [5.74, 6) is -0.398. The number of piperazine rings is 1. The lowest BCUT2D eigenvalue weighted by molar-refractivity contribution is 0.0616. The van der Waals surface area contributed by atoms with Crippen LogP contribution in [0.25, 0.3) is 0 Å². The van der Waals surface area contributed by atoms with E-state index in [1.165, 1.54) is 18.2 Å². The van der Waals surface area contributed by atoms with E-state index in [0.717, 1.165) is 6.54 Å². The van der Waals surface area contributed by atoms with Crippen LogP contribution < -0.4 is 5.32 Å². The van der Waals surface area contributed by atoms with Gasteiger partial charge in [0, 0.05) is 30.7 Å². The maximum Gasteiger partial charge on any atom is 0.254 e. The van der Waals surface area contributed by atoms with Crippen molar-refractivity contribution in [2.45, 2.75) is 25.9 Å². The van der Waals surface area contributed by atoms with E-state index in [1.807, 2.05) is 18.7 Å². The normalized spacial score (nSPS) is 24.1. The highest BCUT2D eigenvalue weighted by Gasteiger charge is 2.27. The second-order valence-electron chi connectivity index (χ2n) is 4.74. The lowest BCUT2D eigenvalue weighted by Gasteiger charge is -2.37. The number of nitrogens with zero attached hydrogens (tertiary/aromatic N) is 1. The fourth-order valence-corrected chi connectivity index (χ4v) is 2.48. The van der Waals surface area contributed by atoms with Crippen LogP contribution in [0.2, 0.25) is 0 Å². The first-order valence-corrected chi connectivity index (χ1v) is 6.77. The van der Waals surface area contributed by atoms with Gasteiger partial charge in [0.25, 0.3) is 5.91 Å². The second kappa shape index (κ2) is 5.36. The summed E-state index contributed by atoms with van der Waals surface area (Å²) in [7, 11) is 0. The number of nitrogens with one attached hydrogen (secondary N) is 1. The molecule has 0 spiro atoms. The van der Waals surface area contributed by atoms with Crippen LogP contribution in [0.5, 0.6) is 0 Å². The number of hydrogen-bond acceptors (Lipinski definition) is 2. The van der Waals surface area contributed by atoms with Crippen LogP contribution >= 0.6 is 15.9 Å². The van der Waals surface area contributed by atoms with Gasteiger partial charge in [0.1, 0.15) is 5.82 Å². The van der Waals surface area contributed by atoms with E-state index < -0.39 is 0 Å². The van der Waals surface area contributed by atoms with Crippen LogP contribution in [0.1, 0.15) is 24.2 Å². The molecule has 1 aliphatic heterocycles. The van der Waals surface area contributed by atoms with Crippen LogP contribution in [-0.2, 0) is 0 Å². The first-order valence-electron chi connectivity index (χ1n) is 5.98. The zero-order valence-electron chi connectivity index (χ0n) is 10.4. The Labute approximate surface area is 114 Å². The van der Waals surface area contributed by atoms with Crippen LogP contribution in [0, 0.1) is 5.82 Å². The van der Waals surface area contributed by atoms with Gasteiger partial charge in [-0.25, -0.2) is 4.39 Å². The number of hydrogen-bond donors (Lipinski definition) is 1. The molecule has 0 radical (unpaired) electrons. The Morgan fingerprint density at radius 2 is 2.22 bits per heavy atom. The van der Waals surface area contributed by atoms with Crippen molar-refractivity contribution in [2.75, 3.05) is 13.1 Å². The average Bonchev–Trinajstić information content (AvgIpc) is 2.35. The number of halogens is 2. The molecule has 1 aromatic carbocycles. The maximum atomic E-state index is 13.2. The highest BCUT2D eigenvalue weighted by Crippen LogP contribution is 2.19. The molecule has 1 N–H and O–H groups in total. The third kappa shape index (κ3) is 2.72. The highest BCUT2D eigenvalue weighted by molar-refractivity contribution is 9.10. The van der Waals surface area contributed by atoms with Gasteiger partial charge in [-0.15, -0.1) is 0 Å². The molecule has 0 aromatic heterocycles. The van der Waals surface area contributed by atoms with E-state index >= 15 is 0 Å². The summed E-state index contributed by atoms with van der Waals surface area (Å²) in [5.41, 5.74) is 0.518. The highest BCUT2D eigenvalue weighted by atomic mass is 79.9. The summed E-state index contributed by atoms with van der Waals surface area (Å²) in [6.45, 7) is 5.52. The summed E-state index contributed by atoms with van der Waals surface area (Å²) in [5, 5.41) is 3.33. The molecule has 0 aliphatic carbocycles. The van der Waals surface area contributed by atoms with E-state index in [1.54, 1.807) is 0 Å². The average molecular weight is 315 g/mol. The summed E-state index contributed by atoms with van der Waals surface area (Å²) in [4.78, 5) is 14.2. The molecule has 1 aliphatic rings. The number of carbonyl (C=O) groups is 1. The molecule has 0 bridgehead atoms. The lowest BCUT2D eigenvalue weighted by atomic mass is 10.1. The molecular formula is C13H16BrFN2O. The Bertz CT molecular complexity index is 466. The minimum Gasteiger partial charge on any atom is -0.333 e. The first-order chi connectivity index (χ1) is 8.49. The second-order valence-corrected chi connectivity index (χ2v) is 5.60. The van der Waals surface area contributed by atoms with Crippen molar-refractivity contribution in [3.05, 3.63) is 34.1 Å². The molecule has 2 atom stereocenters. The fourth-order valence-electron chi connectivity index (χ4n) is 2.10. The van der Waals surface area contributed by atoms with E-state index in [-0.39, 0.29) is 23.8 Å². The Hall–Kier alpha value is -0.940. The van der Waals surface area contributed by atoms with Gasteiger partial charge in [-0.3, -0.25) is 4.79 Å². The van der Waals surface area contributed by atoms with E-state index in [9.17, 15) is 9.18 Å². The van der Waals surface area contributed by atoms with Crippen molar-refractivity contribution in [1.82, 2.24) is 10.2 Å². The Morgan fingerprint density at radius 3 is 2.89 bits per heavy atom. The molecule has 1 fully saturated rings. The topological polar surface area (TPSA) is 32.3 Å². The minimum absolute atomic E-state index is 0.0449.